The highest BCUT2D eigenvalue weighted by molar-refractivity contribution is 7.99. The molecule has 2 rings (SSSR count). The number of hydrogen-bond donors (Lipinski definition) is 1. The molecule has 0 radical (unpaired) electrons. The largest absolute Gasteiger partial charge is 1.00 e. The molecule has 0 atom stereocenters. The highest BCUT2D eigenvalue weighted by Gasteiger charge is 1.99. The van der Waals surface area contributed by atoms with Gasteiger partial charge in [-0.3, -0.25) is 0 Å². The summed E-state index contributed by atoms with van der Waals surface area (Å²) in [5, 5.41) is 1.01. The maximum absolute atomic E-state index is 4.41. The van der Waals surface area contributed by atoms with Crippen LogP contribution in [-0.2, 0) is 0 Å². The molecule has 0 saturated carbocycles. The number of aromatic amines is 1. The minimum absolute atomic E-state index is 0. The molecule has 4 heteroatoms. The van der Waals surface area contributed by atoms with Crippen molar-refractivity contribution in [1.29, 1.82) is 0 Å². The van der Waals surface area contributed by atoms with E-state index in [0.29, 0.717) is 0 Å². The Balaban J connectivity index is 0.000000845. The fourth-order valence-electron chi connectivity index (χ4n) is 1.13. The Morgan fingerprint density at radius 1 is 1.38 bits per heavy atom. The Hall–Kier alpha value is -0.480. The van der Waals surface area contributed by atoms with Gasteiger partial charge < -0.3 is 22.0 Å². The van der Waals surface area contributed by atoms with E-state index in [0.717, 1.165) is 21.9 Å². The molecule has 2 nitrogen and oxygen atoms in total. The number of rotatable bonds is 2. The molecular formula is C9H10BrN2S-. The summed E-state index contributed by atoms with van der Waals surface area (Å²) in [6, 6.07) is 8.08. The Morgan fingerprint density at radius 2 is 2.15 bits per heavy atom. The van der Waals surface area contributed by atoms with Crippen LogP contribution in [0.1, 0.15) is 6.92 Å². The number of nitrogens with one attached hydrogen (secondary N) is 1. The normalized spacial score (nSPS) is 9.92. The SMILES string of the molecule is CCSc1nc2ccccc2[nH]1.[Br-]. The number of halogens is 1. The lowest BCUT2D eigenvalue weighted by Crippen LogP contribution is -3.00. The minimum atomic E-state index is 0. The summed E-state index contributed by atoms with van der Waals surface area (Å²) in [6.45, 7) is 2.12. The van der Waals surface area contributed by atoms with Gasteiger partial charge in [0.1, 0.15) is 0 Å². The molecule has 1 aromatic carbocycles. The number of imidazole rings is 1. The molecule has 70 valence electrons. The lowest BCUT2D eigenvalue weighted by molar-refractivity contribution is -0.00000252. The zero-order chi connectivity index (χ0) is 8.39. The minimum Gasteiger partial charge on any atom is -1.00 e. The number of benzene rings is 1. The highest BCUT2D eigenvalue weighted by Crippen LogP contribution is 2.18. The highest BCUT2D eigenvalue weighted by atomic mass is 79.9. The second-order valence-electron chi connectivity index (χ2n) is 2.49. The van der Waals surface area contributed by atoms with Gasteiger partial charge in [0, 0.05) is 0 Å². The molecule has 0 amide bonds. The lowest BCUT2D eigenvalue weighted by atomic mass is 10.3. The monoisotopic (exact) mass is 257 g/mol. The third kappa shape index (κ3) is 2.25. The second kappa shape index (κ2) is 4.67. The summed E-state index contributed by atoms with van der Waals surface area (Å²) >= 11 is 1.73. The number of para-hydroxylation sites is 2. The van der Waals surface area contributed by atoms with E-state index in [-0.39, 0.29) is 17.0 Å². The van der Waals surface area contributed by atoms with Gasteiger partial charge in [0.2, 0.25) is 0 Å². The van der Waals surface area contributed by atoms with E-state index in [4.69, 9.17) is 0 Å². The average molecular weight is 258 g/mol. The molecule has 1 N–H and O–H groups in total. The number of H-pyrrole nitrogens is 1. The van der Waals surface area contributed by atoms with Crippen molar-refractivity contribution >= 4 is 22.8 Å². The number of aromatic nitrogens is 2. The molecule has 0 aliphatic carbocycles. The van der Waals surface area contributed by atoms with Crippen molar-refractivity contribution in [1.82, 2.24) is 9.97 Å². The molecule has 0 unspecified atom stereocenters. The van der Waals surface area contributed by atoms with Gasteiger partial charge in [-0.25, -0.2) is 4.98 Å². The van der Waals surface area contributed by atoms with Crippen LogP contribution >= 0.6 is 11.8 Å². The van der Waals surface area contributed by atoms with Crippen LogP contribution in [-0.4, -0.2) is 15.7 Å². The van der Waals surface area contributed by atoms with Gasteiger partial charge in [-0.05, 0) is 17.9 Å². The second-order valence-corrected chi connectivity index (χ2v) is 3.74. The van der Waals surface area contributed by atoms with Crippen molar-refractivity contribution in [3.05, 3.63) is 24.3 Å². The zero-order valence-corrected chi connectivity index (χ0v) is 9.65. The summed E-state index contributed by atoms with van der Waals surface area (Å²) < 4.78 is 0. The molecule has 1 heterocycles. The molecule has 0 saturated heterocycles. The fourth-order valence-corrected chi connectivity index (χ4v) is 1.75. The summed E-state index contributed by atoms with van der Waals surface area (Å²) in [4.78, 5) is 7.66. The van der Waals surface area contributed by atoms with Crippen molar-refractivity contribution in [2.45, 2.75) is 12.1 Å². The summed E-state index contributed by atoms with van der Waals surface area (Å²) in [5.74, 6) is 1.06. The number of nitrogens with zero attached hydrogens (tertiary/aromatic N) is 1. The Labute approximate surface area is 91.9 Å². The van der Waals surface area contributed by atoms with E-state index in [9.17, 15) is 0 Å². The van der Waals surface area contributed by atoms with E-state index in [1.807, 2.05) is 24.3 Å². The van der Waals surface area contributed by atoms with Gasteiger partial charge in [-0.1, -0.05) is 30.8 Å². The van der Waals surface area contributed by atoms with Gasteiger partial charge in [-0.2, -0.15) is 0 Å². The molecule has 0 spiro atoms. The van der Waals surface area contributed by atoms with Crippen molar-refractivity contribution in [3.8, 4) is 0 Å². The zero-order valence-electron chi connectivity index (χ0n) is 7.25. The van der Waals surface area contributed by atoms with Crippen LogP contribution in [0.15, 0.2) is 29.4 Å². The maximum atomic E-state index is 4.41. The first-order valence-electron chi connectivity index (χ1n) is 3.97. The Kier molecular flexibility index (Phi) is 3.81. The third-order valence-electron chi connectivity index (χ3n) is 1.65. The van der Waals surface area contributed by atoms with Crippen molar-refractivity contribution < 1.29 is 17.0 Å². The van der Waals surface area contributed by atoms with E-state index >= 15 is 0 Å². The molecule has 0 aliphatic heterocycles. The molecule has 0 bridgehead atoms. The number of thioether (sulfide) groups is 1. The molecule has 13 heavy (non-hydrogen) atoms. The molecular weight excluding hydrogens is 248 g/mol. The molecule has 0 aliphatic rings. The van der Waals surface area contributed by atoms with Crippen LogP contribution in [0.25, 0.3) is 11.0 Å². The van der Waals surface area contributed by atoms with Crippen molar-refractivity contribution in [3.63, 3.8) is 0 Å². The van der Waals surface area contributed by atoms with Gasteiger partial charge in [-0.15, -0.1) is 0 Å². The van der Waals surface area contributed by atoms with Gasteiger partial charge in [0.25, 0.3) is 0 Å². The molecule has 0 fully saturated rings. The van der Waals surface area contributed by atoms with Crippen LogP contribution in [0.2, 0.25) is 0 Å². The van der Waals surface area contributed by atoms with E-state index < -0.39 is 0 Å². The third-order valence-corrected chi connectivity index (χ3v) is 2.40. The van der Waals surface area contributed by atoms with Crippen LogP contribution < -0.4 is 17.0 Å². The first kappa shape index (κ1) is 10.6. The van der Waals surface area contributed by atoms with Crippen molar-refractivity contribution in [2.75, 3.05) is 5.75 Å². The Morgan fingerprint density at radius 3 is 2.85 bits per heavy atom. The van der Waals surface area contributed by atoms with Crippen LogP contribution in [0.4, 0.5) is 0 Å². The quantitative estimate of drug-likeness (QED) is 0.748. The Bertz CT molecular complexity index is 353. The molecule has 2 aromatic rings. The number of hydrogen-bond acceptors (Lipinski definition) is 2. The van der Waals surface area contributed by atoms with Crippen LogP contribution in [0.5, 0.6) is 0 Å². The van der Waals surface area contributed by atoms with E-state index in [1.54, 1.807) is 11.8 Å². The summed E-state index contributed by atoms with van der Waals surface area (Å²) in [6.07, 6.45) is 0. The topological polar surface area (TPSA) is 28.7 Å². The van der Waals surface area contributed by atoms with Gasteiger partial charge >= 0.3 is 0 Å². The van der Waals surface area contributed by atoms with E-state index in [1.165, 1.54) is 0 Å². The smallest absolute Gasteiger partial charge is 0.166 e. The maximum Gasteiger partial charge on any atom is 0.166 e. The fraction of sp³-hybridized carbons (Fsp3) is 0.222. The first-order valence-corrected chi connectivity index (χ1v) is 4.96. The van der Waals surface area contributed by atoms with Gasteiger partial charge in [0.05, 0.1) is 11.0 Å². The summed E-state index contributed by atoms with van der Waals surface area (Å²) in [7, 11) is 0. The lowest BCUT2D eigenvalue weighted by Gasteiger charge is -1.86. The number of fused-ring (bicyclic) bond motifs is 1. The standard InChI is InChI=1S/C9H10N2S.BrH/c1-2-12-9-10-7-5-3-4-6-8(7)11-9;/h3-6H,2H2,1H3,(H,10,11);1H/p-1. The molecule has 1 aromatic heterocycles. The average Bonchev–Trinajstić information content (AvgIpc) is 2.47. The van der Waals surface area contributed by atoms with Crippen LogP contribution in [0.3, 0.4) is 0 Å². The predicted molar refractivity (Wildman–Crippen MR) is 52.5 cm³/mol. The van der Waals surface area contributed by atoms with Gasteiger partial charge in [0.15, 0.2) is 5.16 Å². The van der Waals surface area contributed by atoms with Crippen LogP contribution in [0, 0.1) is 0 Å². The first-order chi connectivity index (χ1) is 5.90. The van der Waals surface area contributed by atoms with Crippen molar-refractivity contribution in [2.24, 2.45) is 0 Å². The summed E-state index contributed by atoms with van der Waals surface area (Å²) in [5.41, 5.74) is 2.17. The van der Waals surface area contributed by atoms with E-state index in [2.05, 4.69) is 16.9 Å². The predicted octanol–water partition coefficient (Wildman–Crippen LogP) is -0.321.